The first-order valence-corrected chi connectivity index (χ1v) is 11.3. The van der Waals surface area contributed by atoms with Crippen molar-refractivity contribution in [2.75, 3.05) is 0 Å². The second-order valence-corrected chi connectivity index (χ2v) is 7.79. The quantitative estimate of drug-likeness (QED) is 0.470. The standard InChI is InChI=1S/C23H35BF2N2/c1-8-15-17(10-3)22-19(12-5)23-18(11-4)16(9-2)21(14-7)28(23)24(25,26)27(22)20(15)13-6/h8-14H2,1-7H3. The number of aromatic nitrogens is 1. The maximum Gasteiger partial charge on any atom is 0.737 e. The van der Waals surface area contributed by atoms with Crippen LogP contribution in [0.3, 0.4) is 0 Å². The van der Waals surface area contributed by atoms with Gasteiger partial charge >= 0.3 is 6.97 Å². The molecule has 3 heterocycles. The lowest BCUT2D eigenvalue weighted by molar-refractivity contribution is -0.365. The van der Waals surface area contributed by atoms with Crippen molar-refractivity contribution >= 4 is 18.3 Å². The van der Waals surface area contributed by atoms with Gasteiger partial charge in [0.05, 0.1) is 0 Å². The highest BCUT2D eigenvalue weighted by Gasteiger charge is 2.57. The van der Waals surface area contributed by atoms with E-state index in [2.05, 4.69) is 34.6 Å². The minimum atomic E-state index is -3.89. The second kappa shape index (κ2) is 7.64. The van der Waals surface area contributed by atoms with Crippen LogP contribution < -0.4 is 0 Å². The van der Waals surface area contributed by atoms with Gasteiger partial charge in [-0.2, -0.15) is 0 Å². The number of rotatable bonds is 7. The predicted molar refractivity (Wildman–Crippen MR) is 116 cm³/mol. The summed E-state index contributed by atoms with van der Waals surface area (Å²) in [7, 11) is 0. The Kier molecular flexibility index (Phi) is 5.75. The fraction of sp³-hybridized carbons (Fsp3) is 0.609. The number of hydrogen-bond donors (Lipinski definition) is 0. The number of hydrogen-bond acceptors (Lipinski definition) is 0. The molecule has 0 bridgehead atoms. The van der Waals surface area contributed by atoms with Gasteiger partial charge in [-0.25, -0.2) is 0 Å². The highest BCUT2D eigenvalue weighted by molar-refractivity contribution is 6.58. The first-order valence-electron chi connectivity index (χ1n) is 11.3. The summed E-state index contributed by atoms with van der Waals surface area (Å²) in [6.07, 6.45) is 5.29. The average Bonchev–Trinajstić information content (AvgIpc) is 3.20. The third-order valence-electron chi connectivity index (χ3n) is 6.69. The monoisotopic (exact) mass is 388 g/mol. The van der Waals surface area contributed by atoms with Crippen LogP contribution in [0.4, 0.5) is 8.63 Å². The maximum atomic E-state index is 16.3. The lowest BCUT2D eigenvalue weighted by Crippen LogP contribution is -2.52. The third kappa shape index (κ3) is 2.54. The second-order valence-electron chi connectivity index (χ2n) is 7.79. The van der Waals surface area contributed by atoms with E-state index in [0.29, 0.717) is 12.8 Å². The van der Waals surface area contributed by atoms with Crippen molar-refractivity contribution < 1.29 is 13.1 Å². The Bertz CT molecular complexity index is 900. The van der Waals surface area contributed by atoms with Gasteiger partial charge in [0.15, 0.2) is 5.70 Å². The van der Waals surface area contributed by atoms with Crippen LogP contribution in [0, 0.1) is 0 Å². The predicted octanol–water partition coefficient (Wildman–Crippen LogP) is 6.53. The summed E-state index contributed by atoms with van der Waals surface area (Å²) in [6, 6.07) is 0. The summed E-state index contributed by atoms with van der Waals surface area (Å²) < 4.78 is 35.5. The molecule has 2 aliphatic rings. The van der Waals surface area contributed by atoms with Gasteiger partial charge in [0.2, 0.25) is 0 Å². The maximum absolute atomic E-state index is 16.3. The van der Waals surface area contributed by atoms with Gasteiger partial charge in [-0.3, -0.25) is 0 Å². The topological polar surface area (TPSA) is 7.94 Å². The molecule has 5 heteroatoms. The summed E-state index contributed by atoms with van der Waals surface area (Å²) >= 11 is 0. The molecule has 0 amide bonds. The van der Waals surface area contributed by atoms with E-state index < -0.39 is 6.97 Å². The molecule has 0 saturated heterocycles. The molecule has 0 fully saturated rings. The molecule has 0 saturated carbocycles. The van der Waals surface area contributed by atoms with Crippen LogP contribution in [0.1, 0.15) is 96.7 Å². The Morgan fingerprint density at radius 1 is 0.679 bits per heavy atom. The van der Waals surface area contributed by atoms with E-state index >= 15 is 8.63 Å². The van der Waals surface area contributed by atoms with E-state index in [1.165, 1.54) is 8.96 Å². The van der Waals surface area contributed by atoms with E-state index in [9.17, 15) is 0 Å². The highest BCUT2D eigenvalue weighted by atomic mass is 19.2. The van der Waals surface area contributed by atoms with Gasteiger partial charge in [-0.05, 0) is 55.3 Å². The summed E-state index contributed by atoms with van der Waals surface area (Å²) in [6.45, 7) is 10.7. The van der Waals surface area contributed by atoms with Crippen molar-refractivity contribution in [1.29, 1.82) is 0 Å². The molecule has 0 unspecified atom stereocenters. The molecular weight excluding hydrogens is 353 g/mol. The van der Waals surface area contributed by atoms with E-state index in [4.69, 9.17) is 0 Å². The van der Waals surface area contributed by atoms with Crippen LogP contribution in [-0.4, -0.2) is 21.6 Å². The molecule has 0 aliphatic carbocycles. The van der Waals surface area contributed by atoms with Crippen LogP contribution in [0.25, 0.3) is 5.57 Å². The Balaban J connectivity index is 2.55. The first-order chi connectivity index (χ1) is 13.4. The van der Waals surface area contributed by atoms with Crippen LogP contribution in [0.15, 0.2) is 16.8 Å². The molecule has 28 heavy (non-hydrogen) atoms. The number of allylic oxidation sites excluding steroid dienone is 3. The third-order valence-corrected chi connectivity index (χ3v) is 6.69. The summed E-state index contributed by atoms with van der Waals surface area (Å²) in [5.41, 5.74) is 9.01. The Morgan fingerprint density at radius 2 is 1.25 bits per heavy atom. The fourth-order valence-electron chi connectivity index (χ4n) is 5.75. The van der Waals surface area contributed by atoms with Crippen molar-refractivity contribution in [1.82, 2.24) is 4.48 Å². The molecule has 2 aliphatic heterocycles. The summed E-state index contributed by atoms with van der Waals surface area (Å²) in [5, 5.41) is 0. The zero-order valence-electron chi connectivity index (χ0n) is 18.7. The number of nitrogens with zero attached hydrogens (tertiary/aromatic N) is 2. The molecule has 154 valence electrons. The SMILES string of the molecule is CCC1=C(CC)C(CC)=[N+]2C1=C(CC)c1c(CC)c(CC)c(CC)n1[B-]2(F)F. The number of halogens is 2. The Labute approximate surface area is 169 Å². The molecule has 0 radical (unpaired) electrons. The highest BCUT2D eigenvalue weighted by Crippen LogP contribution is 2.47. The molecule has 1 aromatic heterocycles. The minimum absolute atomic E-state index is 0.643. The van der Waals surface area contributed by atoms with Crippen molar-refractivity contribution in [3.8, 4) is 0 Å². The molecular formula is C23H35BF2N2. The van der Waals surface area contributed by atoms with Crippen molar-refractivity contribution in [3.63, 3.8) is 0 Å². The molecule has 3 rings (SSSR count). The lowest BCUT2D eigenvalue weighted by Gasteiger charge is -2.34. The average molecular weight is 388 g/mol. The van der Waals surface area contributed by atoms with E-state index in [1.54, 1.807) is 0 Å². The smallest absolute Gasteiger partial charge is 0.393 e. The zero-order chi connectivity index (χ0) is 20.8. The summed E-state index contributed by atoms with van der Waals surface area (Å²) in [5.74, 6) is 0. The van der Waals surface area contributed by atoms with E-state index in [1.807, 2.05) is 13.8 Å². The molecule has 0 atom stereocenters. The normalized spacial score (nSPS) is 18.3. The van der Waals surface area contributed by atoms with Gasteiger partial charge in [-0.15, -0.1) is 0 Å². The van der Waals surface area contributed by atoms with Crippen LogP contribution >= 0.6 is 0 Å². The zero-order valence-corrected chi connectivity index (χ0v) is 18.7. The van der Waals surface area contributed by atoms with Gasteiger partial charge in [-0.1, -0.05) is 48.5 Å². The van der Waals surface area contributed by atoms with E-state index in [0.717, 1.165) is 82.7 Å². The van der Waals surface area contributed by atoms with E-state index in [-0.39, 0.29) is 0 Å². The van der Waals surface area contributed by atoms with Crippen molar-refractivity contribution in [3.05, 3.63) is 39.4 Å². The van der Waals surface area contributed by atoms with Gasteiger partial charge in [0.1, 0.15) is 5.71 Å². The minimum Gasteiger partial charge on any atom is -0.393 e. The van der Waals surface area contributed by atoms with Gasteiger partial charge < -0.3 is 17.6 Å². The van der Waals surface area contributed by atoms with Gasteiger partial charge in [0.25, 0.3) is 0 Å². The molecule has 0 spiro atoms. The first kappa shape index (κ1) is 21.1. The lowest BCUT2D eigenvalue weighted by atomic mass is 9.84. The summed E-state index contributed by atoms with van der Waals surface area (Å²) in [4.78, 5) is 0. The molecule has 2 nitrogen and oxygen atoms in total. The van der Waals surface area contributed by atoms with Crippen LogP contribution in [-0.2, 0) is 19.3 Å². The van der Waals surface area contributed by atoms with Gasteiger partial charge in [0, 0.05) is 28.8 Å². The molecule has 1 aromatic rings. The fourth-order valence-corrected chi connectivity index (χ4v) is 5.75. The Hall–Kier alpha value is -1.65. The van der Waals surface area contributed by atoms with Crippen molar-refractivity contribution in [2.45, 2.75) is 93.4 Å². The molecule has 0 aromatic carbocycles. The van der Waals surface area contributed by atoms with Crippen LogP contribution in [0.2, 0.25) is 0 Å². The molecule has 0 N–H and O–H groups in total. The Morgan fingerprint density at radius 3 is 1.68 bits per heavy atom. The van der Waals surface area contributed by atoms with Crippen LogP contribution in [0.5, 0.6) is 0 Å². The largest absolute Gasteiger partial charge is 0.737 e. The number of fused-ring (bicyclic) bond motifs is 2. The van der Waals surface area contributed by atoms with Crippen molar-refractivity contribution in [2.24, 2.45) is 0 Å².